The molecule has 0 saturated heterocycles. The lowest BCUT2D eigenvalue weighted by atomic mass is 10.2. The van der Waals surface area contributed by atoms with Gasteiger partial charge in [0.05, 0.1) is 17.6 Å². The summed E-state index contributed by atoms with van der Waals surface area (Å²) in [4.78, 5) is 8.99. The molecule has 0 N–H and O–H groups in total. The first kappa shape index (κ1) is 14.7. The van der Waals surface area contributed by atoms with Crippen LogP contribution in [0.25, 0.3) is 11.0 Å². The zero-order valence-electron chi connectivity index (χ0n) is 13.1. The quantitative estimate of drug-likeness (QED) is 0.531. The van der Waals surface area contributed by atoms with Crippen molar-refractivity contribution in [1.29, 1.82) is 0 Å². The van der Waals surface area contributed by atoms with Gasteiger partial charge in [-0.1, -0.05) is 53.8 Å². The molecule has 24 heavy (non-hydrogen) atoms. The second kappa shape index (κ2) is 6.33. The molecule has 6 heteroatoms. The summed E-state index contributed by atoms with van der Waals surface area (Å²) < 4.78 is 2.15. The smallest absolute Gasteiger partial charge is 0.231 e. The van der Waals surface area contributed by atoms with E-state index >= 15 is 0 Å². The number of aryl methyl sites for hydroxylation is 1. The van der Waals surface area contributed by atoms with E-state index in [4.69, 9.17) is 0 Å². The Morgan fingerprint density at radius 3 is 2.71 bits per heavy atom. The molecule has 0 radical (unpaired) electrons. The van der Waals surface area contributed by atoms with Gasteiger partial charge in [0, 0.05) is 6.21 Å². The predicted molar refractivity (Wildman–Crippen MR) is 97.2 cm³/mol. The van der Waals surface area contributed by atoms with E-state index in [1.807, 2.05) is 61.7 Å². The molecule has 0 atom stereocenters. The molecule has 0 bridgehead atoms. The Morgan fingerprint density at radius 1 is 1.04 bits per heavy atom. The first-order chi connectivity index (χ1) is 11.8. The Hall–Kier alpha value is -2.86. The van der Waals surface area contributed by atoms with Gasteiger partial charge >= 0.3 is 0 Å². The molecule has 0 amide bonds. The highest BCUT2D eigenvalue weighted by Gasteiger charge is 2.10. The monoisotopic (exact) mass is 333 g/mol. The van der Waals surface area contributed by atoms with E-state index in [1.54, 1.807) is 0 Å². The maximum Gasteiger partial charge on any atom is 0.231 e. The zero-order valence-corrected chi connectivity index (χ0v) is 13.9. The van der Waals surface area contributed by atoms with Crippen LogP contribution in [0.1, 0.15) is 16.4 Å². The molecule has 4 aromatic rings. The number of para-hydroxylation sites is 2. The van der Waals surface area contributed by atoms with Gasteiger partial charge in [-0.25, -0.2) is 9.98 Å². The average molecular weight is 333 g/mol. The predicted octanol–water partition coefficient (Wildman–Crippen LogP) is 4.00. The molecule has 0 spiro atoms. The molecule has 0 unspecified atom stereocenters. The number of imidazole rings is 1. The van der Waals surface area contributed by atoms with Gasteiger partial charge in [0.2, 0.25) is 5.13 Å². The van der Waals surface area contributed by atoms with Crippen LogP contribution in [0, 0.1) is 6.92 Å². The van der Waals surface area contributed by atoms with Crippen LogP contribution in [0.3, 0.4) is 0 Å². The number of rotatable bonds is 4. The van der Waals surface area contributed by atoms with Gasteiger partial charge in [-0.2, -0.15) is 0 Å². The van der Waals surface area contributed by atoms with Crippen LogP contribution >= 0.6 is 11.3 Å². The number of nitrogens with zero attached hydrogens (tertiary/aromatic N) is 5. The zero-order chi connectivity index (χ0) is 16.4. The van der Waals surface area contributed by atoms with Gasteiger partial charge in [-0.3, -0.25) is 0 Å². The van der Waals surface area contributed by atoms with Crippen LogP contribution in [0.15, 0.2) is 59.6 Å². The highest BCUT2D eigenvalue weighted by atomic mass is 32.1. The average Bonchev–Trinajstić information content (AvgIpc) is 3.19. The lowest BCUT2D eigenvalue weighted by molar-refractivity contribution is 0.768. The van der Waals surface area contributed by atoms with Crippen LogP contribution in [0.5, 0.6) is 0 Å². The Labute approximate surface area is 143 Å². The van der Waals surface area contributed by atoms with Crippen molar-refractivity contribution in [2.24, 2.45) is 4.99 Å². The van der Waals surface area contributed by atoms with Crippen LogP contribution in [0.4, 0.5) is 5.13 Å². The van der Waals surface area contributed by atoms with Gasteiger partial charge < -0.3 is 4.57 Å². The van der Waals surface area contributed by atoms with Crippen LogP contribution in [0.2, 0.25) is 0 Å². The molecule has 2 aromatic heterocycles. The van der Waals surface area contributed by atoms with E-state index in [0.29, 0.717) is 11.7 Å². The summed E-state index contributed by atoms with van der Waals surface area (Å²) in [5.41, 5.74) is 3.16. The largest absolute Gasteiger partial charge is 0.321 e. The Balaban J connectivity index is 1.57. The summed E-state index contributed by atoms with van der Waals surface area (Å²) in [6.45, 7) is 2.67. The van der Waals surface area contributed by atoms with Gasteiger partial charge in [-0.15, -0.1) is 10.2 Å². The summed E-state index contributed by atoms with van der Waals surface area (Å²) in [5.74, 6) is 0.973. The van der Waals surface area contributed by atoms with E-state index < -0.39 is 0 Å². The number of hydrogen-bond donors (Lipinski definition) is 0. The standard InChI is InChI=1S/C18H15N5S/c1-13-20-15-9-5-6-10-16(15)23(13)12-17-21-22-18(24-17)19-11-14-7-3-2-4-8-14/h2-11H,12H2,1H3/b19-11+. The van der Waals surface area contributed by atoms with Crippen molar-refractivity contribution in [2.75, 3.05) is 0 Å². The molecule has 2 heterocycles. The van der Waals surface area contributed by atoms with Crippen molar-refractivity contribution in [3.05, 3.63) is 71.0 Å². The molecule has 118 valence electrons. The van der Waals surface area contributed by atoms with Crippen molar-refractivity contribution < 1.29 is 0 Å². The Kier molecular flexibility index (Phi) is 3.88. The van der Waals surface area contributed by atoms with Crippen LogP contribution < -0.4 is 0 Å². The van der Waals surface area contributed by atoms with Crippen molar-refractivity contribution in [3.63, 3.8) is 0 Å². The van der Waals surface area contributed by atoms with Crippen molar-refractivity contribution in [2.45, 2.75) is 13.5 Å². The van der Waals surface area contributed by atoms with Crippen LogP contribution in [-0.2, 0) is 6.54 Å². The molecule has 0 aliphatic heterocycles. The third-order valence-electron chi connectivity index (χ3n) is 3.72. The first-order valence-electron chi connectivity index (χ1n) is 7.63. The van der Waals surface area contributed by atoms with E-state index in [2.05, 4.69) is 30.8 Å². The summed E-state index contributed by atoms with van der Waals surface area (Å²) in [6, 6.07) is 18.1. The summed E-state index contributed by atoms with van der Waals surface area (Å²) in [6.07, 6.45) is 1.81. The molecule has 5 nitrogen and oxygen atoms in total. The van der Waals surface area contributed by atoms with Crippen molar-refractivity contribution in [3.8, 4) is 0 Å². The number of benzene rings is 2. The second-order valence-electron chi connectivity index (χ2n) is 5.38. The molecule has 4 rings (SSSR count). The number of fused-ring (bicyclic) bond motifs is 1. The van der Waals surface area contributed by atoms with Crippen molar-refractivity contribution in [1.82, 2.24) is 19.7 Å². The third-order valence-corrected chi connectivity index (χ3v) is 4.53. The molecular formula is C18H15N5S. The summed E-state index contributed by atoms with van der Waals surface area (Å²) >= 11 is 1.50. The molecule has 0 aliphatic carbocycles. The molecule has 0 saturated carbocycles. The minimum absolute atomic E-state index is 0.658. The van der Waals surface area contributed by atoms with Gasteiger partial charge in [0.15, 0.2) is 0 Å². The lowest BCUT2D eigenvalue weighted by Crippen LogP contribution is -2.01. The molecular weight excluding hydrogens is 318 g/mol. The fraction of sp³-hybridized carbons (Fsp3) is 0.111. The maximum atomic E-state index is 4.58. The van der Waals surface area contributed by atoms with E-state index in [9.17, 15) is 0 Å². The second-order valence-corrected chi connectivity index (χ2v) is 6.42. The fourth-order valence-corrected chi connectivity index (χ4v) is 3.23. The summed E-state index contributed by atoms with van der Waals surface area (Å²) in [7, 11) is 0. The molecule has 2 aromatic carbocycles. The van der Waals surface area contributed by atoms with E-state index in [1.165, 1.54) is 11.3 Å². The van der Waals surface area contributed by atoms with Crippen LogP contribution in [-0.4, -0.2) is 26.0 Å². The van der Waals surface area contributed by atoms with Gasteiger partial charge in [0.1, 0.15) is 10.8 Å². The van der Waals surface area contributed by atoms with E-state index in [0.717, 1.165) is 27.4 Å². The third kappa shape index (κ3) is 2.96. The topological polar surface area (TPSA) is 56.0 Å². The normalized spacial score (nSPS) is 11.5. The minimum atomic E-state index is 0.658. The fourth-order valence-electron chi connectivity index (χ4n) is 2.56. The van der Waals surface area contributed by atoms with Crippen molar-refractivity contribution >= 4 is 33.7 Å². The highest BCUT2D eigenvalue weighted by Crippen LogP contribution is 2.22. The highest BCUT2D eigenvalue weighted by molar-refractivity contribution is 7.14. The maximum absolute atomic E-state index is 4.58. The molecule has 0 aliphatic rings. The summed E-state index contributed by atoms with van der Waals surface area (Å²) in [5, 5.41) is 10.00. The Bertz CT molecular complexity index is 1000. The number of aromatic nitrogens is 4. The Morgan fingerprint density at radius 2 is 1.83 bits per heavy atom. The minimum Gasteiger partial charge on any atom is -0.321 e. The number of hydrogen-bond acceptors (Lipinski definition) is 5. The first-order valence-corrected chi connectivity index (χ1v) is 8.44. The lowest BCUT2D eigenvalue weighted by Gasteiger charge is -2.02. The van der Waals surface area contributed by atoms with E-state index in [-0.39, 0.29) is 0 Å². The van der Waals surface area contributed by atoms with Gasteiger partial charge in [0.25, 0.3) is 0 Å². The van der Waals surface area contributed by atoms with Gasteiger partial charge in [-0.05, 0) is 24.6 Å². The number of aliphatic imine (C=N–C) groups is 1. The molecule has 0 fully saturated rings. The SMILES string of the molecule is Cc1nc2ccccc2n1Cc1nnc(/N=C/c2ccccc2)s1.